The molecule has 1 heterocycles. The number of hydrogen-bond acceptors (Lipinski definition) is 2. The van der Waals surface area contributed by atoms with Crippen molar-refractivity contribution in [3.05, 3.63) is 35.4 Å². The van der Waals surface area contributed by atoms with Crippen LogP contribution >= 0.6 is 34.8 Å². The minimum atomic E-state index is -1.41. The molecule has 1 aromatic rings. The molecule has 1 aliphatic rings. The summed E-state index contributed by atoms with van der Waals surface area (Å²) in [6.45, 7) is 0.966. The van der Waals surface area contributed by atoms with E-state index >= 15 is 0 Å². The van der Waals surface area contributed by atoms with Crippen LogP contribution in [0.2, 0.25) is 0 Å². The summed E-state index contributed by atoms with van der Waals surface area (Å²) in [6.07, 6.45) is 1.60. The monoisotopic (exact) mass is 293 g/mol. The van der Waals surface area contributed by atoms with Crippen molar-refractivity contribution in [2.75, 3.05) is 6.54 Å². The van der Waals surface area contributed by atoms with Crippen LogP contribution in [0.5, 0.6) is 0 Å². The number of alkyl halides is 3. The number of rotatable bonds is 2. The van der Waals surface area contributed by atoms with Gasteiger partial charge in [0.15, 0.2) is 0 Å². The first-order valence-corrected chi connectivity index (χ1v) is 6.70. The zero-order valence-electron chi connectivity index (χ0n) is 9.17. The van der Waals surface area contributed by atoms with Crippen LogP contribution in [0.25, 0.3) is 0 Å². The fourth-order valence-electron chi connectivity index (χ4n) is 2.08. The lowest BCUT2D eigenvalue weighted by Crippen LogP contribution is -2.28. The smallest absolute Gasteiger partial charge is 0.216 e. The molecule has 0 aromatic heterocycles. The Kier molecular flexibility index (Phi) is 4.22. The van der Waals surface area contributed by atoms with Gasteiger partial charge in [-0.3, -0.25) is 0 Å². The lowest BCUT2D eigenvalue weighted by atomic mass is 10.00. The highest BCUT2D eigenvalue weighted by Crippen LogP contribution is 2.38. The van der Waals surface area contributed by atoms with E-state index in [1.54, 1.807) is 12.1 Å². The molecular formula is C12H14Cl3NO. The predicted octanol–water partition coefficient (Wildman–Crippen LogP) is 3.30. The van der Waals surface area contributed by atoms with Gasteiger partial charge in [0, 0.05) is 11.6 Å². The molecule has 2 N–H and O–H groups in total. The Morgan fingerprint density at radius 3 is 2.35 bits per heavy atom. The Hall–Kier alpha value is 0.01000. The minimum absolute atomic E-state index is 0.133. The van der Waals surface area contributed by atoms with Crippen LogP contribution in [0.4, 0.5) is 0 Å². The van der Waals surface area contributed by atoms with Gasteiger partial charge in [-0.1, -0.05) is 59.1 Å². The van der Waals surface area contributed by atoms with Crippen LogP contribution in [0.3, 0.4) is 0 Å². The van der Waals surface area contributed by atoms with Crippen molar-refractivity contribution in [3.8, 4) is 0 Å². The van der Waals surface area contributed by atoms with E-state index in [1.807, 2.05) is 12.1 Å². The van der Waals surface area contributed by atoms with Gasteiger partial charge >= 0.3 is 0 Å². The molecule has 0 bridgehead atoms. The van der Waals surface area contributed by atoms with Gasteiger partial charge in [0.1, 0.15) is 0 Å². The van der Waals surface area contributed by atoms with Crippen LogP contribution < -0.4 is 5.32 Å². The minimum Gasteiger partial charge on any atom is -0.387 e. The molecule has 1 aromatic carbocycles. The highest BCUT2D eigenvalue weighted by molar-refractivity contribution is 6.66. The second-order valence-electron chi connectivity index (χ2n) is 4.27. The van der Waals surface area contributed by atoms with Crippen LogP contribution in [-0.4, -0.2) is 17.7 Å². The largest absolute Gasteiger partial charge is 0.387 e. The first-order chi connectivity index (χ1) is 7.98. The third kappa shape index (κ3) is 3.27. The van der Waals surface area contributed by atoms with Gasteiger partial charge in [0.05, 0.1) is 6.10 Å². The zero-order chi connectivity index (χ0) is 12.5. The highest BCUT2D eigenvalue weighted by atomic mass is 35.6. The van der Waals surface area contributed by atoms with Crippen LogP contribution in [-0.2, 0) is 3.79 Å². The average Bonchev–Trinajstić information content (AvgIpc) is 2.80. The Balaban J connectivity index is 2.12. The molecule has 0 spiro atoms. The molecule has 0 amide bonds. The summed E-state index contributed by atoms with van der Waals surface area (Å²) in [5.41, 5.74) is 1.46. The molecule has 1 saturated heterocycles. The van der Waals surface area contributed by atoms with E-state index in [0.717, 1.165) is 24.9 Å². The average molecular weight is 295 g/mol. The molecule has 5 heteroatoms. The topological polar surface area (TPSA) is 32.3 Å². The standard InChI is InChI=1S/C12H14Cl3NO/c13-12(14,15)9-5-3-8(4-6-9)11(17)10-2-1-7-16-10/h3-6,10-11,16-17H,1-2,7H2. The Morgan fingerprint density at radius 2 is 1.88 bits per heavy atom. The molecule has 1 fully saturated rings. The molecule has 0 radical (unpaired) electrons. The Morgan fingerprint density at radius 1 is 1.24 bits per heavy atom. The van der Waals surface area contributed by atoms with Crippen molar-refractivity contribution in [1.29, 1.82) is 0 Å². The van der Waals surface area contributed by atoms with Crippen molar-refractivity contribution >= 4 is 34.8 Å². The van der Waals surface area contributed by atoms with E-state index in [0.29, 0.717) is 5.56 Å². The second kappa shape index (κ2) is 5.33. The second-order valence-corrected chi connectivity index (χ2v) is 6.55. The van der Waals surface area contributed by atoms with Crippen molar-refractivity contribution in [1.82, 2.24) is 5.32 Å². The molecule has 94 valence electrons. The summed E-state index contributed by atoms with van der Waals surface area (Å²) in [6, 6.07) is 7.22. The molecule has 2 unspecified atom stereocenters. The molecule has 1 aliphatic heterocycles. The van der Waals surface area contributed by atoms with E-state index in [-0.39, 0.29) is 6.04 Å². The van der Waals surface area contributed by atoms with Crippen molar-refractivity contribution < 1.29 is 5.11 Å². The van der Waals surface area contributed by atoms with Crippen LogP contribution in [0.1, 0.15) is 30.1 Å². The summed E-state index contributed by atoms with van der Waals surface area (Å²) in [7, 11) is 0. The van der Waals surface area contributed by atoms with E-state index in [1.165, 1.54) is 0 Å². The third-order valence-corrected chi connectivity index (χ3v) is 3.71. The zero-order valence-corrected chi connectivity index (χ0v) is 11.4. The number of aliphatic hydroxyl groups is 1. The number of benzene rings is 1. The molecule has 0 saturated carbocycles. The number of hydrogen-bond donors (Lipinski definition) is 2. The normalized spacial score (nSPS) is 22.7. The van der Waals surface area contributed by atoms with E-state index in [2.05, 4.69) is 5.32 Å². The van der Waals surface area contributed by atoms with Gasteiger partial charge < -0.3 is 10.4 Å². The quantitative estimate of drug-likeness (QED) is 0.820. The first-order valence-electron chi connectivity index (χ1n) is 5.57. The summed E-state index contributed by atoms with van der Waals surface area (Å²) in [5.74, 6) is 0. The van der Waals surface area contributed by atoms with Crippen molar-refractivity contribution in [3.63, 3.8) is 0 Å². The molecule has 2 rings (SSSR count). The summed E-state index contributed by atoms with van der Waals surface area (Å²) < 4.78 is -1.41. The number of halogens is 3. The van der Waals surface area contributed by atoms with E-state index in [4.69, 9.17) is 34.8 Å². The van der Waals surface area contributed by atoms with Gasteiger partial charge in [0.25, 0.3) is 0 Å². The molecule has 2 atom stereocenters. The fourth-order valence-corrected chi connectivity index (χ4v) is 2.46. The van der Waals surface area contributed by atoms with E-state index in [9.17, 15) is 5.11 Å². The first kappa shape index (κ1) is 13.4. The summed E-state index contributed by atoms with van der Waals surface area (Å²) in [5, 5.41) is 13.4. The predicted molar refractivity (Wildman–Crippen MR) is 71.7 cm³/mol. The van der Waals surface area contributed by atoms with Gasteiger partial charge in [-0.25, -0.2) is 0 Å². The Labute approximate surface area is 116 Å². The molecule has 17 heavy (non-hydrogen) atoms. The molecule has 2 nitrogen and oxygen atoms in total. The van der Waals surface area contributed by atoms with Crippen LogP contribution in [0.15, 0.2) is 24.3 Å². The lowest BCUT2D eigenvalue weighted by molar-refractivity contribution is 0.137. The van der Waals surface area contributed by atoms with Crippen molar-refractivity contribution in [2.24, 2.45) is 0 Å². The van der Waals surface area contributed by atoms with Gasteiger partial charge in [-0.15, -0.1) is 0 Å². The summed E-state index contributed by atoms with van der Waals surface area (Å²) in [4.78, 5) is 0. The lowest BCUT2D eigenvalue weighted by Gasteiger charge is -2.19. The number of nitrogens with one attached hydrogen (secondary N) is 1. The Bertz CT molecular complexity index is 368. The maximum Gasteiger partial charge on any atom is 0.216 e. The fraction of sp³-hybridized carbons (Fsp3) is 0.500. The SMILES string of the molecule is OC(c1ccc(C(Cl)(Cl)Cl)cc1)C1CCCN1. The maximum atomic E-state index is 10.2. The van der Waals surface area contributed by atoms with Gasteiger partial charge in [-0.05, 0) is 24.9 Å². The van der Waals surface area contributed by atoms with E-state index < -0.39 is 9.90 Å². The number of aliphatic hydroxyl groups excluding tert-OH is 1. The highest BCUT2D eigenvalue weighted by Gasteiger charge is 2.26. The third-order valence-electron chi connectivity index (χ3n) is 3.06. The van der Waals surface area contributed by atoms with Crippen LogP contribution in [0, 0.1) is 0 Å². The molecule has 0 aliphatic carbocycles. The molecular weight excluding hydrogens is 280 g/mol. The maximum absolute atomic E-state index is 10.2. The summed E-state index contributed by atoms with van der Waals surface area (Å²) >= 11 is 17.3. The van der Waals surface area contributed by atoms with Crippen molar-refractivity contribution in [2.45, 2.75) is 28.8 Å². The van der Waals surface area contributed by atoms with Gasteiger partial charge in [-0.2, -0.15) is 0 Å². The van der Waals surface area contributed by atoms with Gasteiger partial charge in [0.2, 0.25) is 3.79 Å².